The van der Waals surface area contributed by atoms with Crippen molar-refractivity contribution in [3.05, 3.63) is 54.4 Å². The number of aromatic nitrogens is 2. The van der Waals surface area contributed by atoms with Gasteiger partial charge in [0, 0.05) is 6.20 Å². The van der Waals surface area contributed by atoms with Crippen molar-refractivity contribution in [3.63, 3.8) is 0 Å². The Morgan fingerprint density at radius 3 is 2.74 bits per heavy atom. The van der Waals surface area contributed by atoms with Crippen LogP contribution in [0.2, 0.25) is 0 Å². The predicted octanol–water partition coefficient (Wildman–Crippen LogP) is 4.07. The Balaban J connectivity index is 2.06. The summed E-state index contributed by atoms with van der Waals surface area (Å²) in [5.41, 5.74) is 8.67. The molecule has 0 saturated carbocycles. The second-order valence-corrected chi connectivity index (χ2v) is 5.91. The molecule has 110 valence electrons. The monoisotopic (exact) mass is 318 g/mol. The number of nitriles is 1. The summed E-state index contributed by atoms with van der Waals surface area (Å²) in [6.45, 7) is 0. The quantitative estimate of drug-likeness (QED) is 0.601. The summed E-state index contributed by atoms with van der Waals surface area (Å²) in [6, 6.07) is 13.6. The molecule has 0 amide bonds. The van der Waals surface area contributed by atoms with Crippen LogP contribution in [0.1, 0.15) is 5.56 Å². The van der Waals surface area contributed by atoms with Gasteiger partial charge in [0.2, 0.25) is 0 Å². The van der Waals surface area contributed by atoms with E-state index in [9.17, 15) is 5.26 Å². The van der Waals surface area contributed by atoms with Crippen LogP contribution in [-0.2, 0) is 0 Å². The molecule has 0 aliphatic carbocycles. The van der Waals surface area contributed by atoms with Gasteiger partial charge in [0.1, 0.15) is 22.7 Å². The number of hydrogen-bond donors (Lipinski definition) is 1. The largest absolute Gasteiger partial charge is 0.464 e. The molecule has 0 radical (unpaired) electrons. The lowest BCUT2D eigenvalue weighted by atomic mass is 10.0. The van der Waals surface area contributed by atoms with Gasteiger partial charge in [-0.05, 0) is 24.3 Å². The maximum atomic E-state index is 9.43. The highest BCUT2D eigenvalue weighted by atomic mass is 32.1. The number of hydrogen-bond acceptors (Lipinski definition) is 6. The Morgan fingerprint density at radius 1 is 1.13 bits per heavy atom. The third-order valence-corrected chi connectivity index (χ3v) is 4.56. The van der Waals surface area contributed by atoms with Crippen LogP contribution in [0.5, 0.6) is 0 Å². The van der Waals surface area contributed by atoms with Crippen LogP contribution in [-0.4, -0.2) is 9.97 Å². The minimum atomic E-state index is 0.328. The molecule has 2 N–H and O–H groups in total. The fraction of sp³-hybridized carbons (Fsp3) is 0. The molecular formula is C17H10N4OS. The number of thiazole rings is 1. The first-order valence-corrected chi connectivity index (χ1v) is 7.68. The Labute approximate surface area is 135 Å². The van der Waals surface area contributed by atoms with Crippen LogP contribution < -0.4 is 5.73 Å². The van der Waals surface area contributed by atoms with Crippen molar-refractivity contribution >= 4 is 27.4 Å². The lowest BCUT2D eigenvalue weighted by Gasteiger charge is -2.09. The van der Waals surface area contributed by atoms with Crippen molar-refractivity contribution in [2.45, 2.75) is 0 Å². The average molecular weight is 318 g/mol. The summed E-state index contributed by atoms with van der Waals surface area (Å²) in [7, 11) is 0. The van der Waals surface area contributed by atoms with Gasteiger partial charge in [0.15, 0.2) is 0 Å². The lowest BCUT2D eigenvalue weighted by molar-refractivity contribution is 0.582. The van der Waals surface area contributed by atoms with Crippen LogP contribution >= 0.6 is 11.3 Å². The summed E-state index contributed by atoms with van der Waals surface area (Å²) in [5, 5.41) is 10.2. The van der Waals surface area contributed by atoms with Gasteiger partial charge < -0.3 is 10.2 Å². The molecule has 23 heavy (non-hydrogen) atoms. The average Bonchev–Trinajstić information content (AvgIpc) is 3.23. The predicted molar refractivity (Wildman–Crippen MR) is 89.7 cm³/mol. The molecule has 4 rings (SSSR count). The second kappa shape index (κ2) is 5.23. The number of furan rings is 1. The molecular weight excluding hydrogens is 308 g/mol. The van der Waals surface area contributed by atoms with Gasteiger partial charge in [0.25, 0.3) is 0 Å². The number of anilines is 1. The van der Waals surface area contributed by atoms with Gasteiger partial charge in [-0.3, -0.25) is 0 Å². The van der Waals surface area contributed by atoms with Crippen molar-refractivity contribution in [1.82, 2.24) is 9.97 Å². The van der Waals surface area contributed by atoms with E-state index >= 15 is 0 Å². The Morgan fingerprint density at radius 2 is 2.00 bits per heavy atom. The van der Waals surface area contributed by atoms with Crippen molar-refractivity contribution in [3.8, 4) is 28.0 Å². The van der Waals surface area contributed by atoms with E-state index < -0.39 is 0 Å². The van der Waals surface area contributed by atoms with E-state index in [2.05, 4.69) is 16.0 Å². The molecule has 1 aromatic carbocycles. The minimum Gasteiger partial charge on any atom is -0.464 e. The van der Waals surface area contributed by atoms with Crippen LogP contribution in [0.15, 0.2) is 53.3 Å². The summed E-state index contributed by atoms with van der Waals surface area (Å²) in [6.07, 6.45) is 3.03. The number of nitrogens with two attached hydrogens (primary N) is 1. The second-order valence-electron chi connectivity index (χ2n) is 4.88. The standard InChI is InChI=1S/C17H10N4OS/c18-8-10-9-20-16(19)15(14(10)12-5-3-7-22-12)17-21-11-4-1-2-6-13(11)23-17/h1-7,9H,(H2,19,20). The molecule has 0 spiro atoms. The number of rotatable bonds is 2. The van der Waals surface area contributed by atoms with Crippen molar-refractivity contribution in [2.75, 3.05) is 5.73 Å². The summed E-state index contributed by atoms with van der Waals surface area (Å²) >= 11 is 1.51. The molecule has 4 aromatic rings. The molecule has 0 fully saturated rings. The van der Waals surface area contributed by atoms with Gasteiger partial charge in [0.05, 0.1) is 33.2 Å². The van der Waals surface area contributed by atoms with Crippen LogP contribution in [0.4, 0.5) is 5.82 Å². The van der Waals surface area contributed by atoms with Gasteiger partial charge >= 0.3 is 0 Å². The van der Waals surface area contributed by atoms with Crippen LogP contribution in [0.3, 0.4) is 0 Å². The number of benzene rings is 1. The zero-order valence-corrected chi connectivity index (χ0v) is 12.7. The zero-order valence-electron chi connectivity index (χ0n) is 11.9. The molecule has 0 bridgehead atoms. The number of pyridine rings is 1. The fourth-order valence-electron chi connectivity index (χ4n) is 2.48. The Kier molecular flexibility index (Phi) is 3.07. The molecule has 0 aliphatic rings. The van der Waals surface area contributed by atoms with Gasteiger partial charge in [-0.1, -0.05) is 12.1 Å². The number of nitrogen functional groups attached to an aromatic ring is 1. The van der Waals surface area contributed by atoms with Gasteiger partial charge in [-0.2, -0.15) is 5.26 Å². The maximum Gasteiger partial charge on any atom is 0.136 e. The highest BCUT2D eigenvalue weighted by Crippen LogP contribution is 2.41. The molecule has 0 saturated heterocycles. The third kappa shape index (κ3) is 2.15. The number of nitrogens with zero attached hydrogens (tertiary/aromatic N) is 3. The first-order chi connectivity index (χ1) is 11.3. The van der Waals surface area contributed by atoms with Crippen LogP contribution in [0, 0.1) is 11.3 Å². The topological polar surface area (TPSA) is 88.7 Å². The minimum absolute atomic E-state index is 0.328. The van der Waals surface area contributed by atoms with Gasteiger partial charge in [-0.15, -0.1) is 11.3 Å². The maximum absolute atomic E-state index is 9.43. The Hall–Kier alpha value is -3.17. The summed E-state index contributed by atoms with van der Waals surface area (Å²) in [4.78, 5) is 8.78. The van der Waals surface area contributed by atoms with Crippen molar-refractivity contribution < 1.29 is 4.42 Å². The summed E-state index contributed by atoms with van der Waals surface area (Å²) < 4.78 is 6.55. The van der Waals surface area contributed by atoms with E-state index in [1.165, 1.54) is 17.5 Å². The highest BCUT2D eigenvalue weighted by molar-refractivity contribution is 7.21. The van der Waals surface area contributed by atoms with E-state index in [4.69, 9.17) is 10.2 Å². The highest BCUT2D eigenvalue weighted by Gasteiger charge is 2.21. The first-order valence-electron chi connectivity index (χ1n) is 6.86. The fourth-order valence-corrected chi connectivity index (χ4v) is 3.51. The van der Waals surface area contributed by atoms with Crippen molar-refractivity contribution in [1.29, 1.82) is 5.26 Å². The van der Waals surface area contributed by atoms with E-state index in [0.29, 0.717) is 28.3 Å². The molecule has 5 nitrogen and oxygen atoms in total. The molecule has 6 heteroatoms. The molecule has 0 aliphatic heterocycles. The van der Waals surface area contributed by atoms with E-state index in [1.807, 2.05) is 24.3 Å². The van der Waals surface area contributed by atoms with Gasteiger partial charge in [-0.25, -0.2) is 9.97 Å². The Bertz CT molecular complexity index is 1010. The molecule has 0 unspecified atom stereocenters. The third-order valence-electron chi connectivity index (χ3n) is 3.50. The van der Waals surface area contributed by atoms with E-state index in [-0.39, 0.29) is 0 Å². The normalized spacial score (nSPS) is 10.7. The molecule has 0 atom stereocenters. The zero-order chi connectivity index (χ0) is 15.8. The first kappa shape index (κ1) is 13.5. The SMILES string of the molecule is N#Cc1cnc(N)c(-c2nc3ccccc3s2)c1-c1ccco1. The molecule has 3 heterocycles. The van der Waals surface area contributed by atoms with E-state index in [0.717, 1.165) is 15.2 Å². The van der Waals surface area contributed by atoms with Crippen molar-refractivity contribution in [2.24, 2.45) is 0 Å². The lowest BCUT2D eigenvalue weighted by Crippen LogP contribution is -1.99. The summed E-state index contributed by atoms with van der Waals surface area (Å²) in [5.74, 6) is 0.902. The number of fused-ring (bicyclic) bond motifs is 1. The molecule has 3 aromatic heterocycles. The smallest absolute Gasteiger partial charge is 0.136 e. The van der Waals surface area contributed by atoms with Crippen LogP contribution in [0.25, 0.3) is 32.1 Å². The van der Waals surface area contributed by atoms with E-state index in [1.54, 1.807) is 18.4 Å². The number of para-hydroxylation sites is 1.